The summed E-state index contributed by atoms with van der Waals surface area (Å²) in [7, 11) is -16.6. The normalized spacial score (nSPS) is 13.9. The van der Waals surface area contributed by atoms with Crippen LogP contribution in [0.2, 0.25) is 0 Å². The third-order valence-electron chi connectivity index (χ3n) is 21.6. The number of alkyl halides is 4. The molecule has 4 aromatic heterocycles. The van der Waals surface area contributed by atoms with E-state index in [0.717, 1.165) is 48.4 Å². The Morgan fingerprint density at radius 3 is 0.447 bits per heavy atom. The molecular weight excluding hydrogens is 2180 g/mol. The van der Waals surface area contributed by atoms with E-state index in [0.29, 0.717) is 24.2 Å². The molecule has 0 spiro atoms. The van der Waals surface area contributed by atoms with Crippen molar-refractivity contribution >= 4 is 144 Å². The van der Waals surface area contributed by atoms with Crippen LogP contribution in [0.3, 0.4) is 0 Å². The van der Waals surface area contributed by atoms with Crippen LogP contribution in [0.15, 0.2) is 340 Å². The maximum Gasteiger partial charge on any atom is 1.00 e. The Balaban J connectivity index is 0.000000287. The number of benzene rings is 8. The van der Waals surface area contributed by atoms with Crippen LogP contribution < -0.4 is 118 Å². The van der Waals surface area contributed by atoms with Gasteiger partial charge in [0, 0.05) is 74.1 Å². The molecule has 34 heteroatoms. The number of pyridine rings is 4. The Hall–Kier alpha value is -4.95. The van der Waals surface area contributed by atoms with Gasteiger partial charge in [-0.15, -0.1) is 77.1 Å². The molecule has 0 unspecified atom stereocenters. The fraction of sp³-hybridized carbons (Fsp3) is 0.306. The minimum absolute atomic E-state index is 0. The molecule has 0 amide bonds. The molecule has 0 bridgehead atoms. The summed E-state index contributed by atoms with van der Waals surface area (Å²) in [5.41, 5.74) is 0. The molecule has 0 radical (unpaired) electrons. The molecule has 8 aromatic carbocycles. The van der Waals surface area contributed by atoms with E-state index in [1.165, 1.54) is 171 Å². The van der Waals surface area contributed by atoms with Crippen LogP contribution in [0.1, 0.15) is 128 Å². The van der Waals surface area contributed by atoms with E-state index in [4.69, 9.17) is 122 Å². The molecule has 132 heavy (non-hydrogen) atoms. The van der Waals surface area contributed by atoms with Gasteiger partial charge in [0.05, 0.1) is 10.7 Å². The summed E-state index contributed by atoms with van der Waals surface area (Å²) in [5.74, 6) is 4.51. The van der Waals surface area contributed by atoms with Gasteiger partial charge in [-0.2, -0.15) is 0 Å². The van der Waals surface area contributed by atoms with Crippen molar-refractivity contribution < 1.29 is 154 Å². The predicted octanol–water partition coefficient (Wildman–Crippen LogP) is 9.81. The maximum atomic E-state index is 8.49. The standard InChI is InChI=1S/4C24H27N2P.2CH2Cl2.3Ag.3ClHO4/c4*1-4-12-21(13-5-1)26(24-18-10-11-19-25-24)20-27(22-14-6-2-7-15-22)23-16-8-3-9-17-23;2*2-1-3;;;;3*2-1(3,4)5/h4*2-3,6-11,14-19,21H,1,4-5,12-13,20H2;2*1H2;;;;3*(H,2,3,4,5)/q;;;;;;3*+1;;;/p-3. The van der Waals surface area contributed by atoms with E-state index in [2.05, 4.69) is 311 Å². The SMILES string of the molecule is ClCCl.ClCCl.[Ag+].[Ag+].[Ag+].[O-][Cl+3]([O-])([O-])[O-].[O-][Cl+3]([O-])([O-])[O-].[O-][Cl+3]([O-])([O-])[O-].c1ccc(P(CN(c2ccccn2)C2CCCCC2)c2ccccc2)cc1.c1ccc(P(CN(c2ccccn2)C2CCCCC2)c2ccccc2)cc1.c1ccc(P(CN(c2ccccn2)C2CCCCC2)c2ccccc2)cc1.c1ccc(P(CN(c2ccccn2)C2CCCCC2)c2ccccc2)cc1. The third-order valence-corrected chi connectivity index (χ3v) is 31.3. The van der Waals surface area contributed by atoms with Gasteiger partial charge in [-0.1, -0.05) is 344 Å². The quantitative estimate of drug-likeness (QED) is 0.0308. The van der Waals surface area contributed by atoms with Crippen molar-refractivity contribution in [2.45, 2.75) is 153 Å². The summed E-state index contributed by atoms with van der Waals surface area (Å²) in [6, 6.07) is 116. The molecular formula is C98H112Ag3Cl7N8O12P4. The Morgan fingerprint density at radius 2 is 0.333 bits per heavy atom. The van der Waals surface area contributed by atoms with Crippen LogP contribution in [0.5, 0.6) is 0 Å². The number of hydrogen-bond donors (Lipinski definition) is 0. The van der Waals surface area contributed by atoms with Gasteiger partial charge in [-0.25, -0.2) is 75.8 Å². The first-order valence-corrected chi connectivity index (χ1v) is 54.7. The second-order valence-corrected chi connectivity index (χ2v) is 42.7. The Morgan fingerprint density at radius 1 is 0.212 bits per heavy atom. The molecule has 0 atom stereocenters. The van der Waals surface area contributed by atoms with Crippen LogP contribution in [-0.2, 0) is 67.1 Å². The molecule has 20 nitrogen and oxygen atoms in total. The minimum atomic E-state index is -4.94. The smallest absolute Gasteiger partial charge is 0.349 e. The van der Waals surface area contributed by atoms with E-state index in [1.807, 2.05) is 49.1 Å². The molecule has 4 aliphatic carbocycles. The molecule has 4 saturated carbocycles. The minimum Gasteiger partial charge on any atom is -0.349 e. The zero-order valence-corrected chi connectivity index (χ0v) is 86.2. The molecule has 4 heterocycles. The van der Waals surface area contributed by atoms with Crippen LogP contribution in [0.4, 0.5) is 23.3 Å². The first-order chi connectivity index (χ1) is 62.5. The fourth-order valence-corrected chi connectivity index (χ4v) is 25.4. The second kappa shape index (κ2) is 67.4. The van der Waals surface area contributed by atoms with E-state index in [-0.39, 0.29) is 77.8 Å². The number of nitrogens with zero attached hydrogens (tertiary/aromatic N) is 8. The number of halogens is 7. The topological polar surface area (TPSA) is 341 Å². The number of rotatable bonds is 24. The average Bonchev–Trinajstić information content (AvgIpc) is 0.827. The molecule has 0 saturated heterocycles. The number of aromatic nitrogens is 4. The molecule has 4 fully saturated rings. The van der Waals surface area contributed by atoms with Gasteiger partial charge < -0.3 is 19.6 Å². The number of anilines is 4. The molecule has 4 aliphatic rings. The summed E-state index contributed by atoms with van der Waals surface area (Å²) in [5, 5.41) is 11.9. The second-order valence-electron chi connectivity index (χ2n) is 30.1. The Labute approximate surface area is 857 Å². The van der Waals surface area contributed by atoms with Gasteiger partial charge in [0.25, 0.3) is 0 Å². The maximum absolute atomic E-state index is 8.49. The number of hydrogen-bond acceptors (Lipinski definition) is 20. The predicted molar refractivity (Wildman–Crippen MR) is 503 cm³/mol. The van der Waals surface area contributed by atoms with Crippen LogP contribution in [0, 0.1) is 30.7 Å². The zero-order chi connectivity index (χ0) is 92.2. The summed E-state index contributed by atoms with van der Waals surface area (Å²) < 4.78 is 102. The van der Waals surface area contributed by atoms with Gasteiger partial charge in [0.1, 0.15) is 23.3 Å². The van der Waals surface area contributed by atoms with Crippen molar-refractivity contribution in [1.29, 1.82) is 0 Å². The van der Waals surface area contributed by atoms with Gasteiger partial charge in [-0.3, -0.25) is 0 Å². The van der Waals surface area contributed by atoms with Crippen molar-refractivity contribution in [1.82, 2.24) is 19.9 Å². The molecule has 12 aromatic rings. The van der Waals surface area contributed by atoms with Crippen LogP contribution in [-0.4, -0.2) is 79.9 Å². The van der Waals surface area contributed by atoms with Crippen molar-refractivity contribution in [3.63, 3.8) is 0 Å². The Kier molecular flexibility index (Phi) is 60.0. The van der Waals surface area contributed by atoms with E-state index >= 15 is 0 Å². The third kappa shape index (κ3) is 46.7. The van der Waals surface area contributed by atoms with Crippen molar-refractivity contribution in [3.05, 3.63) is 340 Å². The zero-order valence-electron chi connectivity index (χ0n) is 72.8. The van der Waals surface area contributed by atoms with Gasteiger partial charge >= 0.3 is 67.1 Å². The summed E-state index contributed by atoms with van der Waals surface area (Å²) in [4.78, 5) is 29.3. The first kappa shape index (κ1) is 118. The summed E-state index contributed by atoms with van der Waals surface area (Å²) in [6.07, 6.45) is 38.3. The molecule has 0 N–H and O–H groups in total. The van der Waals surface area contributed by atoms with Gasteiger partial charge in [0.15, 0.2) is 0 Å². The molecule has 16 rings (SSSR count). The average molecular weight is 2290 g/mol. The van der Waals surface area contributed by atoms with Crippen molar-refractivity contribution in [2.75, 3.05) is 55.4 Å². The summed E-state index contributed by atoms with van der Waals surface area (Å²) in [6.45, 7) is 0. The van der Waals surface area contributed by atoms with Crippen LogP contribution >= 0.6 is 78.1 Å². The van der Waals surface area contributed by atoms with Crippen molar-refractivity contribution in [2.24, 2.45) is 0 Å². The van der Waals surface area contributed by atoms with Gasteiger partial charge in [-0.05, 0) is 174 Å². The van der Waals surface area contributed by atoms with Gasteiger partial charge in [0.2, 0.25) is 0 Å². The summed E-state index contributed by atoms with van der Waals surface area (Å²) >= 11 is 19.1. The fourth-order valence-electron chi connectivity index (χ4n) is 15.9. The monoisotopic (exact) mass is 2280 g/mol. The Bertz CT molecular complexity index is 4040. The van der Waals surface area contributed by atoms with E-state index < -0.39 is 62.4 Å². The molecule has 718 valence electrons. The van der Waals surface area contributed by atoms with Crippen molar-refractivity contribution in [3.8, 4) is 0 Å². The van der Waals surface area contributed by atoms with E-state index in [1.54, 1.807) is 0 Å². The largest absolute Gasteiger partial charge is 1.00 e. The first-order valence-electron chi connectivity index (χ1n) is 42.8. The molecule has 0 aliphatic heterocycles. The van der Waals surface area contributed by atoms with E-state index in [9.17, 15) is 0 Å². The van der Waals surface area contributed by atoms with Crippen LogP contribution in [0.25, 0.3) is 0 Å².